The molecule has 0 spiro atoms. The molecule has 2 atom stereocenters. The van der Waals surface area contributed by atoms with Crippen LogP contribution in [0, 0.1) is 0 Å². The van der Waals surface area contributed by atoms with Crippen LogP contribution in [-0.2, 0) is 10.0 Å². The first-order valence-electron chi connectivity index (χ1n) is 10.4. The van der Waals surface area contributed by atoms with E-state index in [2.05, 4.69) is 62.5 Å². The Morgan fingerprint density at radius 2 is 1.27 bits per heavy atom. The van der Waals surface area contributed by atoms with Crippen LogP contribution in [0.15, 0.2) is 0 Å². The van der Waals surface area contributed by atoms with Crippen molar-refractivity contribution in [2.24, 2.45) is 0 Å². The summed E-state index contributed by atoms with van der Waals surface area (Å²) in [5.74, 6) is 0.254. The summed E-state index contributed by atoms with van der Waals surface area (Å²) >= 11 is 0. The topological polar surface area (TPSA) is 122 Å². The summed E-state index contributed by atoms with van der Waals surface area (Å²) in [6, 6.07) is 0.287. The van der Waals surface area contributed by atoms with E-state index in [9.17, 15) is 8.42 Å². The minimum Gasteiger partial charge on any atom is -0.444 e. The number of aromatic nitrogens is 3. The van der Waals surface area contributed by atoms with Gasteiger partial charge in [0.1, 0.15) is 0 Å². The Morgan fingerprint density at radius 3 is 1.63 bits per heavy atom. The fourth-order valence-electron chi connectivity index (χ4n) is 2.86. The molecule has 0 radical (unpaired) electrons. The van der Waals surface area contributed by atoms with Crippen molar-refractivity contribution in [3.8, 4) is 12.0 Å². The molecule has 11 nitrogen and oxygen atoms in total. The third kappa shape index (κ3) is 9.37. The first-order valence-corrected chi connectivity index (χ1v) is 12.3. The maximum absolute atomic E-state index is 11.2. The smallest absolute Gasteiger partial charge is 0.326 e. The lowest BCUT2D eigenvalue weighted by molar-refractivity contribution is 0.0293. The molecule has 30 heavy (non-hydrogen) atoms. The number of sulfonamides is 1. The lowest BCUT2D eigenvalue weighted by atomic mass is 10.4. The van der Waals surface area contributed by atoms with Crippen LogP contribution in [-0.4, -0.2) is 91.1 Å². The van der Waals surface area contributed by atoms with Crippen LogP contribution in [0.5, 0.6) is 12.0 Å². The number of rotatable bonds is 15. The van der Waals surface area contributed by atoms with E-state index in [0.717, 1.165) is 32.4 Å². The van der Waals surface area contributed by atoms with Crippen molar-refractivity contribution < 1.29 is 17.9 Å². The minimum atomic E-state index is -3.26. The molecule has 0 saturated carbocycles. The van der Waals surface area contributed by atoms with Gasteiger partial charge in [0.15, 0.2) is 12.5 Å². The molecule has 2 unspecified atom stereocenters. The second-order valence-corrected chi connectivity index (χ2v) is 8.53. The fourth-order valence-corrected chi connectivity index (χ4v) is 3.34. The molecule has 0 fully saturated rings. The van der Waals surface area contributed by atoms with E-state index in [1.807, 2.05) is 13.8 Å². The second-order valence-electron chi connectivity index (χ2n) is 6.69. The van der Waals surface area contributed by atoms with E-state index in [-0.39, 0.29) is 37.0 Å². The van der Waals surface area contributed by atoms with Gasteiger partial charge in [-0.3, -0.25) is 9.80 Å². The molecule has 1 aromatic heterocycles. The molecule has 0 aliphatic rings. The van der Waals surface area contributed by atoms with Crippen molar-refractivity contribution in [3.05, 3.63) is 0 Å². The number of anilines is 1. The predicted molar refractivity (Wildman–Crippen MR) is 117 cm³/mol. The lowest BCUT2D eigenvalue weighted by Crippen LogP contribution is -2.38. The lowest BCUT2D eigenvalue weighted by Gasteiger charge is -2.27. The normalized spacial score (nSPS) is 14.0. The molecule has 0 bridgehead atoms. The molecular weight excluding hydrogens is 410 g/mol. The Bertz CT molecular complexity index is 689. The fraction of sp³-hybridized carbons (Fsp3) is 0.833. The molecule has 1 rings (SSSR count). The van der Waals surface area contributed by atoms with E-state index in [0.29, 0.717) is 6.54 Å². The first kappa shape index (κ1) is 26.3. The SMILES string of the molecule is CCN(CC)C(C)Oc1nc(NCCNS(C)(=O)=O)nc(OC(C)N(CC)CC)n1. The minimum absolute atomic E-state index is 0.143. The summed E-state index contributed by atoms with van der Waals surface area (Å²) in [6.07, 6.45) is 0.655. The highest BCUT2D eigenvalue weighted by Crippen LogP contribution is 2.17. The Morgan fingerprint density at radius 1 is 0.833 bits per heavy atom. The van der Waals surface area contributed by atoms with E-state index < -0.39 is 10.0 Å². The third-order valence-corrected chi connectivity index (χ3v) is 5.30. The molecule has 2 N–H and O–H groups in total. The molecule has 12 heteroatoms. The number of nitrogens with zero attached hydrogens (tertiary/aromatic N) is 5. The summed E-state index contributed by atoms with van der Waals surface area (Å²) in [6.45, 7) is 15.9. The van der Waals surface area contributed by atoms with Crippen LogP contribution in [0.4, 0.5) is 5.95 Å². The number of ether oxygens (including phenoxy) is 2. The molecular formula is C18H37N7O4S. The Labute approximate surface area is 180 Å². The van der Waals surface area contributed by atoms with Crippen molar-refractivity contribution in [1.29, 1.82) is 0 Å². The zero-order valence-corrected chi connectivity index (χ0v) is 20.0. The van der Waals surface area contributed by atoms with Gasteiger partial charge in [-0.1, -0.05) is 27.7 Å². The average molecular weight is 448 g/mol. The van der Waals surface area contributed by atoms with Crippen molar-refractivity contribution in [2.75, 3.05) is 50.8 Å². The second kappa shape index (κ2) is 12.8. The first-order chi connectivity index (χ1) is 14.1. The average Bonchev–Trinajstić information content (AvgIpc) is 2.66. The van der Waals surface area contributed by atoms with Gasteiger partial charge in [-0.05, 0) is 40.0 Å². The van der Waals surface area contributed by atoms with Crippen LogP contribution >= 0.6 is 0 Å². The Kier molecular flexibility index (Phi) is 11.2. The van der Waals surface area contributed by atoms with E-state index in [4.69, 9.17) is 9.47 Å². The van der Waals surface area contributed by atoms with E-state index in [1.165, 1.54) is 0 Å². The third-order valence-electron chi connectivity index (χ3n) is 4.57. The summed E-state index contributed by atoms with van der Waals surface area (Å²) in [7, 11) is -3.26. The van der Waals surface area contributed by atoms with Crippen molar-refractivity contribution >= 4 is 16.0 Å². The quantitative estimate of drug-likeness (QED) is 0.297. The summed E-state index contributed by atoms with van der Waals surface area (Å²) in [5, 5.41) is 2.98. The highest BCUT2D eigenvalue weighted by molar-refractivity contribution is 7.88. The van der Waals surface area contributed by atoms with Gasteiger partial charge in [0, 0.05) is 13.1 Å². The predicted octanol–water partition coefficient (Wildman–Crippen LogP) is 0.966. The van der Waals surface area contributed by atoms with Crippen molar-refractivity contribution in [2.45, 2.75) is 54.0 Å². The summed E-state index contributed by atoms with van der Waals surface area (Å²) in [5.41, 5.74) is 0. The van der Waals surface area contributed by atoms with Crippen LogP contribution in [0.3, 0.4) is 0 Å². The Hall–Kier alpha value is -1.76. The highest BCUT2D eigenvalue weighted by atomic mass is 32.2. The number of hydrogen-bond donors (Lipinski definition) is 2. The van der Waals surface area contributed by atoms with Gasteiger partial charge in [0.05, 0.1) is 6.26 Å². The van der Waals surface area contributed by atoms with Crippen LogP contribution in [0.1, 0.15) is 41.5 Å². The molecule has 0 aromatic carbocycles. The maximum Gasteiger partial charge on any atom is 0.326 e. The molecule has 174 valence electrons. The van der Waals surface area contributed by atoms with Gasteiger partial charge in [-0.2, -0.15) is 9.97 Å². The van der Waals surface area contributed by atoms with E-state index >= 15 is 0 Å². The van der Waals surface area contributed by atoms with Gasteiger partial charge in [-0.25, -0.2) is 13.1 Å². The standard InChI is InChI=1S/C18H37N7O4S/c1-8-24(9-2)14(5)28-17-21-16(19-12-13-20-30(7,26)27)22-18(23-17)29-15(6)25(10-3)11-4/h14-15,20H,8-13H2,1-7H3,(H,19,21,22,23). The van der Waals surface area contributed by atoms with Gasteiger partial charge >= 0.3 is 12.0 Å². The molecule has 0 amide bonds. The number of nitrogens with one attached hydrogen (secondary N) is 2. The van der Waals surface area contributed by atoms with Gasteiger partial charge < -0.3 is 14.8 Å². The molecule has 1 heterocycles. The number of hydrogen-bond acceptors (Lipinski definition) is 10. The van der Waals surface area contributed by atoms with Gasteiger partial charge in [-0.15, -0.1) is 4.98 Å². The van der Waals surface area contributed by atoms with E-state index in [1.54, 1.807) is 0 Å². The van der Waals surface area contributed by atoms with Crippen LogP contribution in [0.2, 0.25) is 0 Å². The molecule has 0 aliphatic heterocycles. The van der Waals surface area contributed by atoms with Crippen molar-refractivity contribution in [1.82, 2.24) is 29.5 Å². The van der Waals surface area contributed by atoms with Gasteiger partial charge in [0.25, 0.3) is 0 Å². The summed E-state index contributed by atoms with van der Waals surface area (Å²) < 4.78 is 36.6. The van der Waals surface area contributed by atoms with Gasteiger partial charge in [0.2, 0.25) is 16.0 Å². The van der Waals surface area contributed by atoms with Crippen LogP contribution in [0.25, 0.3) is 0 Å². The largest absolute Gasteiger partial charge is 0.444 e. The van der Waals surface area contributed by atoms with Crippen molar-refractivity contribution in [3.63, 3.8) is 0 Å². The zero-order chi connectivity index (χ0) is 22.7. The highest BCUT2D eigenvalue weighted by Gasteiger charge is 2.18. The molecule has 0 saturated heterocycles. The zero-order valence-electron chi connectivity index (χ0n) is 19.2. The Balaban J connectivity index is 2.98. The monoisotopic (exact) mass is 447 g/mol. The van der Waals surface area contributed by atoms with Crippen LogP contribution < -0.4 is 19.5 Å². The molecule has 0 aliphatic carbocycles. The molecule has 1 aromatic rings. The maximum atomic E-state index is 11.2. The summed E-state index contributed by atoms with van der Waals surface area (Å²) in [4.78, 5) is 17.1.